The Hall–Kier alpha value is -8.26. The van der Waals surface area contributed by atoms with Crippen molar-refractivity contribution in [2.45, 2.75) is 93.9 Å². The molecular formula is C58H67ClN10O9. The summed E-state index contributed by atoms with van der Waals surface area (Å²) in [6, 6.07) is 33.6. The van der Waals surface area contributed by atoms with Gasteiger partial charge >= 0.3 is 6.09 Å². The number of halogens is 1. The van der Waals surface area contributed by atoms with Gasteiger partial charge in [0.1, 0.15) is 54.7 Å². The van der Waals surface area contributed by atoms with Gasteiger partial charge in [-0.2, -0.15) is 0 Å². The largest absolute Gasteiger partial charge is 0.489 e. The number of fused-ring (bicyclic) bond motifs is 2. The van der Waals surface area contributed by atoms with E-state index in [9.17, 15) is 24.0 Å². The number of unbranched alkanes of at least 4 members (excludes halogenated alkanes) is 1. The number of H-pyrrole nitrogens is 1. The van der Waals surface area contributed by atoms with E-state index in [0.717, 1.165) is 16.5 Å². The Balaban J connectivity index is 0.00000882. The molecule has 2 aliphatic rings. The number of nitrogens with one attached hydrogen (secondary N) is 7. The smallest absolute Gasteiger partial charge is 0.407 e. The number of hydrogen-bond acceptors (Lipinski definition) is 11. The molecule has 3 heterocycles. The van der Waals surface area contributed by atoms with Crippen molar-refractivity contribution in [3.8, 4) is 5.75 Å². The predicted octanol–water partition coefficient (Wildman–Crippen LogP) is 3.79. The van der Waals surface area contributed by atoms with E-state index in [-0.39, 0.29) is 64.1 Å². The van der Waals surface area contributed by atoms with Crippen LogP contribution in [0.5, 0.6) is 5.75 Å². The topological polar surface area (TPSA) is 281 Å². The Morgan fingerprint density at radius 1 is 0.590 bits per heavy atom. The van der Waals surface area contributed by atoms with E-state index in [1.165, 1.54) is 4.90 Å². The molecule has 410 valence electrons. The lowest BCUT2D eigenvalue weighted by molar-refractivity contribution is -0.143. The quantitative estimate of drug-likeness (QED) is 0.0593. The number of aromatic nitrogens is 1. The summed E-state index contributed by atoms with van der Waals surface area (Å²) in [6.07, 6.45) is 0.652. The second-order valence-corrected chi connectivity index (χ2v) is 19.2. The third-order valence-corrected chi connectivity index (χ3v) is 13.7. The molecule has 2 fully saturated rings. The highest BCUT2D eigenvalue weighted by atomic mass is 35.5. The van der Waals surface area contributed by atoms with Gasteiger partial charge in [0.05, 0.1) is 6.54 Å². The number of carbonyl (C=O) groups excluding carboxylic acids is 7. The first-order chi connectivity index (χ1) is 37.5. The number of para-hydroxylation sites is 1. The predicted molar refractivity (Wildman–Crippen MR) is 296 cm³/mol. The third kappa shape index (κ3) is 15.5. The Morgan fingerprint density at radius 2 is 1.17 bits per heavy atom. The highest BCUT2D eigenvalue weighted by molar-refractivity contribution is 5.99. The monoisotopic (exact) mass is 1080 g/mol. The Labute approximate surface area is 458 Å². The number of rotatable bonds is 17. The molecule has 2 aliphatic heterocycles. The van der Waals surface area contributed by atoms with Crippen LogP contribution in [0.25, 0.3) is 10.9 Å². The van der Waals surface area contributed by atoms with Gasteiger partial charge in [-0.1, -0.05) is 121 Å². The number of nitrogens with zero attached hydrogens (tertiary/aromatic N) is 1. The number of aromatic amines is 1. The van der Waals surface area contributed by atoms with Gasteiger partial charge in [0.2, 0.25) is 35.4 Å². The van der Waals surface area contributed by atoms with Crippen LogP contribution in [-0.4, -0.2) is 114 Å². The molecule has 11 N–H and O–H groups in total. The summed E-state index contributed by atoms with van der Waals surface area (Å²) >= 11 is 0. The van der Waals surface area contributed by atoms with Gasteiger partial charge in [0, 0.05) is 55.9 Å². The van der Waals surface area contributed by atoms with Crippen molar-refractivity contribution in [1.82, 2.24) is 41.8 Å². The Morgan fingerprint density at radius 3 is 1.86 bits per heavy atom. The lowest BCUT2D eigenvalue weighted by Crippen LogP contribution is -2.61. The number of amides is 7. The minimum Gasteiger partial charge on any atom is -0.489 e. The van der Waals surface area contributed by atoms with E-state index < -0.39 is 83.9 Å². The minimum absolute atomic E-state index is 0. The maximum atomic E-state index is 15.3. The maximum Gasteiger partial charge on any atom is 0.407 e. The molecule has 0 radical (unpaired) electrons. The third-order valence-electron chi connectivity index (χ3n) is 13.7. The molecule has 7 amide bonds. The van der Waals surface area contributed by atoms with Crippen LogP contribution in [0.2, 0.25) is 0 Å². The van der Waals surface area contributed by atoms with Crippen LogP contribution in [0.15, 0.2) is 146 Å². The van der Waals surface area contributed by atoms with Crippen LogP contribution < -0.4 is 48.1 Å². The fourth-order valence-corrected chi connectivity index (χ4v) is 9.65. The van der Waals surface area contributed by atoms with Crippen LogP contribution in [-0.2, 0) is 59.4 Å². The lowest BCUT2D eigenvalue weighted by Gasteiger charge is -2.32. The summed E-state index contributed by atoms with van der Waals surface area (Å²) in [6.45, 7) is 0.617. The summed E-state index contributed by atoms with van der Waals surface area (Å²) in [7, 11) is 0. The van der Waals surface area contributed by atoms with Crippen LogP contribution >= 0.6 is 12.4 Å². The molecule has 2 saturated heterocycles. The molecule has 0 bridgehead atoms. The van der Waals surface area contributed by atoms with Crippen molar-refractivity contribution in [2.24, 2.45) is 11.5 Å². The molecule has 0 spiro atoms. The average molecular weight is 1080 g/mol. The fourth-order valence-electron chi connectivity index (χ4n) is 9.65. The molecule has 19 nitrogen and oxygen atoms in total. The van der Waals surface area contributed by atoms with Crippen LogP contribution in [0, 0.1) is 0 Å². The fraction of sp³-hybridized carbons (Fsp3) is 0.328. The molecule has 5 aromatic carbocycles. The van der Waals surface area contributed by atoms with Gasteiger partial charge < -0.3 is 62.7 Å². The lowest BCUT2D eigenvalue weighted by atomic mass is 9.99. The molecule has 0 aliphatic carbocycles. The number of hydrogen-bond donors (Lipinski definition) is 9. The highest BCUT2D eigenvalue weighted by Crippen LogP contribution is 2.26. The van der Waals surface area contributed by atoms with Gasteiger partial charge in [-0.25, -0.2) is 4.79 Å². The summed E-state index contributed by atoms with van der Waals surface area (Å²) in [5.41, 5.74) is 15.7. The van der Waals surface area contributed by atoms with E-state index >= 15 is 9.59 Å². The summed E-state index contributed by atoms with van der Waals surface area (Å²) < 4.78 is 11.8. The van der Waals surface area contributed by atoms with E-state index in [0.29, 0.717) is 54.0 Å². The van der Waals surface area contributed by atoms with Gasteiger partial charge in [-0.3, -0.25) is 28.8 Å². The molecule has 8 rings (SSSR count). The number of carbonyl (C=O) groups is 7. The van der Waals surface area contributed by atoms with Crippen molar-refractivity contribution in [2.75, 3.05) is 26.2 Å². The van der Waals surface area contributed by atoms with Crippen molar-refractivity contribution >= 4 is 64.8 Å². The molecule has 20 heteroatoms. The molecule has 78 heavy (non-hydrogen) atoms. The first kappa shape index (κ1) is 57.4. The van der Waals surface area contributed by atoms with Crippen molar-refractivity contribution in [3.63, 3.8) is 0 Å². The van der Waals surface area contributed by atoms with Gasteiger partial charge in [-0.15, -0.1) is 12.4 Å². The SMILES string of the molecule is Cl.NCCCC[C@@H]1NC(=O)[C@@H](Cc2c[nH]c3ccccc23)NC(=O)[C@H](c2ccccc2)NC(=O)C2C[C@@H](OC(=O)NCCN)CN2C(=O)[C@H](Cc2ccccc2)NC(=O)[C@H](Cc2ccc(OCc3ccccc3)cc2)NC1=O. The van der Waals surface area contributed by atoms with Crippen LogP contribution in [0.1, 0.15) is 59.5 Å². The Bertz CT molecular complexity index is 2970. The minimum atomic E-state index is -1.42. The van der Waals surface area contributed by atoms with Crippen molar-refractivity contribution in [1.29, 1.82) is 0 Å². The van der Waals surface area contributed by atoms with E-state index in [4.69, 9.17) is 20.9 Å². The number of nitrogens with two attached hydrogens (primary N) is 2. The van der Waals surface area contributed by atoms with E-state index in [1.807, 2.05) is 60.7 Å². The molecule has 1 aromatic heterocycles. The number of ether oxygens (including phenoxy) is 2. The Kier molecular flexibility index (Phi) is 20.8. The summed E-state index contributed by atoms with van der Waals surface area (Å²) in [4.78, 5) is 107. The maximum absolute atomic E-state index is 15.3. The summed E-state index contributed by atoms with van der Waals surface area (Å²) in [5.74, 6) is -3.76. The first-order valence-electron chi connectivity index (χ1n) is 26.0. The summed E-state index contributed by atoms with van der Waals surface area (Å²) in [5, 5.41) is 17.9. The molecule has 0 saturated carbocycles. The molecule has 1 unspecified atom stereocenters. The zero-order chi connectivity index (χ0) is 54.1. The van der Waals surface area contributed by atoms with Gasteiger partial charge in [-0.05, 0) is 71.8 Å². The van der Waals surface area contributed by atoms with E-state index in [1.54, 1.807) is 85.1 Å². The second kappa shape index (κ2) is 28.2. The van der Waals surface area contributed by atoms with Crippen molar-refractivity contribution < 1.29 is 43.0 Å². The second-order valence-electron chi connectivity index (χ2n) is 19.2. The number of alkyl carbamates (subject to hydrolysis) is 1. The normalized spacial score (nSPS) is 21.3. The van der Waals surface area contributed by atoms with Crippen LogP contribution in [0.4, 0.5) is 4.79 Å². The van der Waals surface area contributed by atoms with Gasteiger partial charge in [0.15, 0.2) is 0 Å². The molecule has 6 aromatic rings. The zero-order valence-corrected chi connectivity index (χ0v) is 43.9. The van der Waals surface area contributed by atoms with Crippen LogP contribution in [0.3, 0.4) is 0 Å². The molecular weight excluding hydrogens is 1020 g/mol. The van der Waals surface area contributed by atoms with E-state index in [2.05, 4.69) is 36.9 Å². The average Bonchev–Trinajstić information content (AvgIpc) is 4.09. The first-order valence-corrected chi connectivity index (χ1v) is 26.0. The highest BCUT2D eigenvalue weighted by Gasteiger charge is 2.45. The van der Waals surface area contributed by atoms with Crippen molar-refractivity contribution in [3.05, 3.63) is 174 Å². The zero-order valence-electron chi connectivity index (χ0n) is 43.1. The number of benzene rings is 5. The van der Waals surface area contributed by atoms with Gasteiger partial charge in [0.25, 0.3) is 0 Å². The molecule has 7 atom stereocenters. The standard InChI is InChI=1S/C58H66N10O9.ClH/c59-27-13-12-22-46-52(69)64-47(30-38-23-25-42(26-24-38)76-36-39-16-6-2-7-17-39)53(70)66-49(31-37-14-4-1-5-15-37)57(74)68-35-43(77-58(75)61-29-28-60)33-50(68)55(72)67-51(40-18-8-3-9-19-40)56(73)65-48(54(71)63-46)32-41-34-62-45-21-11-10-20-44(41)45;/h1-11,14-21,23-26,34,43,46-51,62H,12-13,22,27-33,35-36,59-60H2,(H,61,75)(H,63,71)(H,64,69)(H,65,73)(H,66,70)(H,67,72);1H/t43-,46+,47+,48-,49+,50?,51+;/m1./s1.